The minimum atomic E-state index is 0.106. The summed E-state index contributed by atoms with van der Waals surface area (Å²) in [5.74, 6) is 2.03. The highest BCUT2D eigenvalue weighted by molar-refractivity contribution is 5.79. The highest BCUT2D eigenvalue weighted by atomic mass is 16.5. The number of piperidine rings is 1. The van der Waals surface area contributed by atoms with E-state index in [1.165, 1.54) is 0 Å². The first kappa shape index (κ1) is 16.0. The van der Waals surface area contributed by atoms with Crippen LogP contribution in [0.15, 0.2) is 16.5 Å². The standard InChI is InChI=1S/C16H26N2O3/c1-12-10-14(6-7-17-12)16(19)18(8-9-20-3)11-15-5-4-13(2)21-15/h4-5,12,14,17H,6-11H2,1-3H3/t12-,14-/m0/s1. The molecule has 1 aliphatic rings. The second-order valence-electron chi connectivity index (χ2n) is 5.84. The smallest absolute Gasteiger partial charge is 0.226 e. The monoisotopic (exact) mass is 294 g/mol. The molecular formula is C16H26N2O3. The number of ether oxygens (including phenoxy) is 1. The zero-order valence-electron chi connectivity index (χ0n) is 13.2. The van der Waals surface area contributed by atoms with Gasteiger partial charge >= 0.3 is 0 Å². The van der Waals surface area contributed by atoms with E-state index < -0.39 is 0 Å². The topological polar surface area (TPSA) is 54.7 Å². The summed E-state index contributed by atoms with van der Waals surface area (Å²) in [4.78, 5) is 14.6. The van der Waals surface area contributed by atoms with Gasteiger partial charge in [-0.15, -0.1) is 0 Å². The molecule has 1 aromatic heterocycles. The van der Waals surface area contributed by atoms with Crippen LogP contribution in [0.4, 0.5) is 0 Å². The molecule has 5 heteroatoms. The molecule has 2 heterocycles. The van der Waals surface area contributed by atoms with Crippen molar-refractivity contribution < 1.29 is 13.9 Å². The molecular weight excluding hydrogens is 268 g/mol. The Bertz CT molecular complexity index is 458. The average Bonchev–Trinajstić information content (AvgIpc) is 2.88. The van der Waals surface area contributed by atoms with E-state index in [2.05, 4.69) is 12.2 Å². The van der Waals surface area contributed by atoms with Crippen molar-refractivity contribution in [1.82, 2.24) is 10.2 Å². The summed E-state index contributed by atoms with van der Waals surface area (Å²) in [5, 5.41) is 3.39. The lowest BCUT2D eigenvalue weighted by molar-refractivity contribution is -0.138. The Hall–Kier alpha value is -1.33. The minimum absolute atomic E-state index is 0.106. The van der Waals surface area contributed by atoms with Gasteiger partial charge in [0.05, 0.1) is 13.2 Å². The summed E-state index contributed by atoms with van der Waals surface area (Å²) < 4.78 is 10.7. The van der Waals surface area contributed by atoms with Crippen LogP contribution in [0.2, 0.25) is 0 Å². The summed E-state index contributed by atoms with van der Waals surface area (Å²) in [5.41, 5.74) is 0. The van der Waals surface area contributed by atoms with E-state index in [1.54, 1.807) is 7.11 Å². The Balaban J connectivity index is 2.01. The average molecular weight is 294 g/mol. The van der Waals surface area contributed by atoms with Gasteiger partial charge in [-0.2, -0.15) is 0 Å². The summed E-state index contributed by atoms with van der Waals surface area (Å²) >= 11 is 0. The zero-order valence-corrected chi connectivity index (χ0v) is 13.2. The van der Waals surface area contributed by atoms with Gasteiger partial charge in [0, 0.05) is 25.6 Å². The Labute approximate surface area is 126 Å². The first-order valence-corrected chi connectivity index (χ1v) is 7.66. The van der Waals surface area contributed by atoms with Gasteiger partial charge in [-0.05, 0) is 45.4 Å². The Morgan fingerprint density at radius 2 is 2.33 bits per heavy atom. The molecule has 0 bridgehead atoms. The molecule has 2 atom stereocenters. The molecule has 0 unspecified atom stereocenters. The molecule has 0 spiro atoms. The molecule has 0 saturated carbocycles. The van der Waals surface area contributed by atoms with Crippen molar-refractivity contribution in [3.8, 4) is 0 Å². The van der Waals surface area contributed by atoms with Gasteiger partial charge in [-0.3, -0.25) is 4.79 Å². The third kappa shape index (κ3) is 4.58. The number of carbonyl (C=O) groups excluding carboxylic acids is 1. The predicted octanol–water partition coefficient (Wildman–Crippen LogP) is 1.95. The maximum atomic E-state index is 12.8. The SMILES string of the molecule is COCCN(Cc1ccc(C)o1)C(=O)[C@H]1CCN[C@@H](C)C1. The molecule has 118 valence electrons. The molecule has 21 heavy (non-hydrogen) atoms. The van der Waals surface area contributed by atoms with E-state index in [4.69, 9.17) is 9.15 Å². The molecule has 1 amide bonds. The van der Waals surface area contributed by atoms with Gasteiger partial charge in [-0.25, -0.2) is 0 Å². The molecule has 1 fully saturated rings. The molecule has 5 nitrogen and oxygen atoms in total. The summed E-state index contributed by atoms with van der Waals surface area (Å²) in [7, 11) is 1.66. The van der Waals surface area contributed by atoms with Crippen LogP contribution in [0.3, 0.4) is 0 Å². The van der Waals surface area contributed by atoms with Crippen LogP contribution >= 0.6 is 0 Å². The number of furan rings is 1. The second kappa shape index (κ2) is 7.61. The predicted molar refractivity (Wildman–Crippen MR) is 80.9 cm³/mol. The normalized spacial score (nSPS) is 22.2. The third-order valence-electron chi connectivity index (χ3n) is 3.99. The number of methoxy groups -OCH3 is 1. The van der Waals surface area contributed by atoms with Crippen LogP contribution in [0.25, 0.3) is 0 Å². The van der Waals surface area contributed by atoms with E-state index in [-0.39, 0.29) is 11.8 Å². The van der Waals surface area contributed by atoms with Crippen LogP contribution in [0.1, 0.15) is 31.3 Å². The van der Waals surface area contributed by atoms with Crippen molar-refractivity contribution in [3.63, 3.8) is 0 Å². The van der Waals surface area contributed by atoms with Gasteiger partial charge in [0.1, 0.15) is 11.5 Å². The Kier molecular flexibility index (Phi) is 5.82. The molecule has 0 aliphatic carbocycles. The van der Waals surface area contributed by atoms with Crippen LogP contribution in [-0.4, -0.2) is 43.7 Å². The van der Waals surface area contributed by atoms with E-state index in [9.17, 15) is 4.79 Å². The number of rotatable bonds is 6. The number of aryl methyl sites for hydroxylation is 1. The fraction of sp³-hybridized carbons (Fsp3) is 0.688. The lowest BCUT2D eigenvalue weighted by atomic mass is 9.92. The van der Waals surface area contributed by atoms with Crippen LogP contribution in [0, 0.1) is 12.8 Å². The van der Waals surface area contributed by atoms with E-state index in [1.807, 2.05) is 24.0 Å². The van der Waals surface area contributed by atoms with E-state index >= 15 is 0 Å². The van der Waals surface area contributed by atoms with Crippen molar-refractivity contribution in [2.45, 2.75) is 39.3 Å². The summed E-state index contributed by atoms with van der Waals surface area (Å²) in [6, 6.07) is 4.27. The number of hydrogen-bond acceptors (Lipinski definition) is 4. The summed E-state index contributed by atoms with van der Waals surface area (Å²) in [6.07, 6.45) is 1.81. The first-order valence-electron chi connectivity index (χ1n) is 7.66. The van der Waals surface area contributed by atoms with E-state index in [0.29, 0.717) is 25.7 Å². The van der Waals surface area contributed by atoms with E-state index in [0.717, 1.165) is 30.9 Å². The van der Waals surface area contributed by atoms with Gasteiger partial charge in [0.25, 0.3) is 0 Å². The zero-order chi connectivity index (χ0) is 15.2. The lowest BCUT2D eigenvalue weighted by Crippen LogP contribution is -2.44. The fourth-order valence-corrected chi connectivity index (χ4v) is 2.84. The van der Waals surface area contributed by atoms with Crippen molar-refractivity contribution in [3.05, 3.63) is 23.7 Å². The van der Waals surface area contributed by atoms with Crippen LogP contribution in [-0.2, 0) is 16.1 Å². The maximum absolute atomic E-state index is 12.8. The number of carbonyl (C=O) groups is 1. The van der Waals surface area contributed by atoms with Crippen molar-refractivity contribution >= 4 is 5.91 Å². The van der Waals surface area contributed by atoms with Crippen molar-refractivity contribution in [2.75, 3.05) is 26.8 Å². The Morgan fingerprint density at radius 3 is 2.95 bits per heavy atom. The first-order chi connectivity index (χ1) is 10.1. The lowest BCUT2D eigenvalue weighted by Gasteiger charge is -2.31. The molecule has 0 aromatic carbocycles. The minimum Gasteiger partial charge on any atom is -0.464 e. The number of nitrogens with zero attached hydrogens (tertiary/aromatic N) is 1. The van der Waals surface area contributed by atoms with Gasteiger partial charge in [0.2, 0.25) is 5.91 Å². The number of hydrogen-bond donors (Lipinski definition) is 1. The highest BCUT2D eigenvalue weighted by Gasteiger charge is 2.28. The van der Waals surface area contributed by atoms with Gasteiger partial charge < -0.3 is 19.4 Å². The number of nitrogens with one attached hydrogen (secondary N) is 1. The summed E-state index contributed by atoms with van der Waals surface area (Å²) in [6.45, 7) is 6.64. The quantitative estimate of drug-likeness (QED) is 0.871. The molecule has 2 rings (SSSR count). The van der Waals surface area contributed by atoms with Crippen molar-refractivity contribution in [2.24, 2.45) is 5.92 Å². The number of amides is 1. The third-order valence-corrected chi connectivity index (χ3v) is 3.99. The molecule has 1 N–H and O–H groups in total. The largest absolute Gasteiger partial charge is 0.464 e. The molecule has 0 radical (unpaired) electrons. The van der Waals surface area contributed by atoms with Crippen molar-refractivity contribution in [1.29, 1.82) is 0 Å². The molecule has 1 saturated heterocycles. The maximum Gasteiger partial charge on any atom is 0.226 e. The molecule has 1 aromatic rings. The fourth-order valence-electron chi connectivity index (χ4n) is 2.84. The highest BCUT2D eigenvalue weighted by Crippen LogP contribution is 2.20. The van der Waals surface area contributed by atoms with Gasteiger partial charge in [-0.1, -0.05) is 0 Å². The van der Waals surface area contributed by atoms with Gasteiger partial charge in [0.15, 0.2) is 0 Å². The second-order valence-corrected chi connectivity index (χ2v) is 5.84. The Morgan fingerprint density at radius 1 is 1.52 bits per heavy atom. The van der Waals surface area contributed by atoms with Crippen LogP contribution in [0.5, 0.6) is 0 Å². The van der Waals surface area contributed by atoms with Crippen LogP contribution < -0.4 is 5.32 Å². The molecule has 1 aliphatic heterocycles.